The summed E-state index contributed by atoms with van der Waals surface area (Å²) in [5.74, 6) is -0.722. The molecule has 0 aliphatic rings. The first kappa shape index (κ1) is 14.6. The molecule has 1 aromatic carbocycles. The number of pyridine rings is 1. The van der Waals surface area contributed by atoms with Gasteiger partial charge in [-0.1, -0.05) is 6.07 Å². The van der Waals surface area contributed by atoms with Gasteiger partial charge in [-0.25, -0.2) is 9.78 Å². The Kier molecular flexibility index (Phi) is 3.46. The molecule has 0 aliphatic carbocycles. The molecule has 0 bridgehead atoms. The maximum absolute atomic E-state index is 10.8. The van der Waals surface area contributed by atoms with Crippen LogP contribution in [-0.2, 0) is 0 Å². The summed E-state index contributed by atoms with van der Waals surface area (Å²) < 4.78 is 1.21. The Bertz CT molecular complexity index is 885. The summed E-state index contributed by atoms with van der Waals surface area (Å²) in [6, 6.07) is 7.79. The average molecular weight is 311 g/mol. The predicted octanol–water partition coefficient (Wildman–Crippen LogP) is 2.35. The molecule has 7 heteroatoms. The van der Waals surface area contributed by atoms with Crippen LogP contribution in [0.1, 0.15) is 15.9 Å². The molecule has 3 aromatic rings. The number of phenols is 1. The van der Waals surface area contributed by atoms with Gasteiger partial charge in [-0.3, -0.25) is 0 Å². The molecule has 116 valence electrons. The number of hydrogen-bond acceptors (Lipinski definition) is 5. The van der Waals surface area contributed by atoms with E-state index in [1.165, 1.54) is 29.2 Å². The number of carboxylic acids is 1. The Labute approximate surface area is 131 Å². The van der Waals surface area contributed by atoms with Crippen molar-refractivity contribution >= 4 is 5.97 Å². The molecule has 0 aliphatic heterocycles. The lowest BCUT2D eigenvalue weighted by Gasteiger charge is -2.05. The van der Waals surface area contributed by atoms with Crippen molar-refractivity contribution in [3.05, 3.63) is 53.9 Å². The van der Waals surface area contributed by atoms with Gasteiger partial charge in [-0.2, -0.15) is 9.78 Å². The second kappa shape index (κ2) is 5.45. The minimum atomic E-state index is -1.08. The third kappa shape index (κ3) is 2.59. The molecule has 0 atom stereocenters. The number of rotatable bonds is 3. The van der Waals surface area contributed by atoms with Gasteiger partial charge in [0.2, 0.25) is 5.88 Å². The number of aromatic carboxylic acids is 1. The van der Waals surface area contributed by atoms with E-state index in [1.807, 2.05) is 0 Å². The van der Waals surface area contributed by atoms with Crippen molar-refractivity contribution in [1.29, 1.82) is 0 Å². The largest absolute Gasteiger partial charge is 0.508 e. The van der Waals surface area contributed by atoms with Crippen LogP contribution in [0.15, 0.2) is 42.7 Å². The van der Waals surface area contributed by atoms with Gasteiger partial charge >= 0.3 is 5.97 Å². The zero-order valence-corrected chi connectivity index (χ0v) is 12.1. The lowest BCUT2D eigenvalue weighted by atomic mass is 10.1. The van der Waals surface area contributed by atoms with E-state index in [2.05, 4.69) is 10.1 Å². The number of phenolic OH excluding ortho intramolecular Hbond substituents is 1. The summed E-state index contributed by atoms with van der Waals surface area (Å²) >= 11 is 0. The zero-order chi connectivity index (χ0) is 16.6. The number of hydrogen-bond donors (Lipinski definition) is 3. The van der Waals surface area contributed by atoms with E-state index in [9.17, 15) is 15.0 Å². The van der Waals surface area contributed by atoms with Gasteiger partial charge in [0.25, 0.3) is 0 Å². The van der Waals surface area contributed by atoms with Gasteiger partial charge in [0.05, 0.1) is 17.3 Å². The monoisotopic (exact) mass is 311 g/mol. The number of benzene rings is 1. The molecule has 0 spiro atoms. The van der Waals surface area contributed by atoms with Gasteiger partial charge in [0.15, 0.2) is 5.82 Å². The summed E-state index contributed by atoms with van der Waals surface area (Å²) in [7, 11) is 0. The van der Waals surface area contributed by atoms with Crippen LogP contribution in [0, 0.1) is 6.92 Å². The topological polar surface area (TPSA) is 108 Å². The Morgan fingerprint density at radius 2 is 1.91 bits per heavy atom. The van der Waals surface area contributed by atoms with Gasteiger partial charge in [-0.15, -0.1) is 0 Å². The molecule has 0 unspecified atom stereocenters. The first-order chi connectivity index (χ1) is 11.0. The lowest BCUT2D eigenvalue weighted by Crippen LogP contribution is -2.02. The van der Waals surface area contributed by atoms with E-state index in [0.29, 0.717) is 22.5 Å². The van der Waals surface area contributed by atoms with Crippen LogP contribution in [0.3, 0.4) is 0 Å². The average Bonchev–Trinajstić information content (AvgIpc) is 2.92. The Hall–Kier alpha value is -3.35. The fraction of sp³-hybridized carbons (Fsp3) is 0.0625. The highest BCUT2D eigenvalue weighted by Crippen LogP contribution is 2.32. The van der Waals surface area contributed by atoms with Crippen molar-refractivity contribution in [3.63, 3.8) is 0 Å². The van der Waals surface area contributed by atoms with Crippen LogP contribution >= 0.6 is 0 Å². The standard InChI is InChI=1S/C16H13N3O4/c1-9-6-10(2-4-13(9)20)12-8-18-19(15(12)21)14-5-3-11(7-17-14)16(22)23/h2-8,20-21H,1H3,(H,22,23). The molecule has 0 saturated carbocycles. The number of aromatic hydroxyl groups is 2. The SMILES string of the molecule is Cc1cc(-c2cnn(-c3ccc(C(=O)O)cn3)c2O)ccc1O. The van der Waals surface area contributed by atoms with E-state index < -0.39 is 5.97 Å². The second-order valence-electron chi connectivity index (χ2n) is 5.01. The highest BCUT2D eigenvalue weighted by molar-refractivity contribution is 5.87. The highest BCUT2D eigenvalue weighted by Gasteiger charge is 2.15. The minimum Gasteiger partial charge on any atom is -0.508 e. The molecular formula is C16H13N3O4. The van der Waals surface area contributed by atoms with E-state index in [0.717, 1.165) is 0 Å². The van der Waals surface area contributed by atoms with Gasteiger partial charge < -0.3 is 15.3 Å². The molecule has 0 saturated heterocycles. The van der Waals surface area contributed by atoms with Crippen molar-refractivity contribution in [2.45, 2.75) is 6.92 Å². The predicted molar refractivity (Wildman–Crippen MR) is 81.8 cm³/mol. The molecule has 23 heavy (non-hydrogen) atoms. The van der Waals surface area contributed by atoms with E-state index >= 15 is 0 Å². The van der Waals surface area contributed by atoms with E-state index in [-0.39, 0.29) is 17.2 Å². The fourth-order valence-corrected chi connectivity index (χ4v) is 2.17. The first-order valence-electron chi connectivity index (χ1n) is 6.74. The van der Waals surface area contributed by atoms with E-state index in [4.69, 9.17) is 5.11 Å². The van der Waals surface area contributed by atoms with E-state index in [1.54, 1.807) is 25.1 Å². The fourth-order valence-electron chi connectivity index (χ4n) is 2.17. The molecule has 3 rings (SSSR count). The molecule has 0 fully saturated rings. The molecule has 3 N–H and O–H groups in total. The lowest BCUT2D eigenvalue weighted by molar-refractivity contribution is 0.0696. The molecule has 7 nitrogen and oxygen atoms in total. The summed E-state index contributed by atoms with van der Waals surface area (Å²) in [5, 5.41) is 32.9. The quantitative estimate of drug-likeness (QED) is 0.685. The van der Waals surface area contributed by atoms with Crippen LogP contribution in [0.2, 0.25) is 0 Å². The number of aryl methyl sites for hydroxylation is 1. The number of carbonyl (C=O) groups is 1. The minimum absolute atomic E-state index is 0.0507. The van der Waals surface area contributed by atoms with Crippen molar-refractivity contribution < 1.29 is 20.1 Å². The van der Waals surface area contributed by atoms with Gasteiger partial charge in [-0.05, 0) is 42.3 Å². The van der Waals surface area contributed by atoms with Gasteiger partial charge in [0.1, 0.15) is 5.75 Å². The molecule has 0 radical (unpaired) electrons. The van der Waals surface area contributed by atoms with Crippen molar-refractivity contribution in [2.24, 2.45) is 0 Å². The molecule has 2 heterocycles. The molecular weight excluding hydrogens is 298 g/mol. The maximum Gasteiger partial charge on any atom is 0.337 e. The normalized spacial score (nSPS) is 10.7. The highest BCUT2D eigenvalue weighted by atomic mass is 16.4. The summed E-state index contributed by atoms with van der Waals surface area (Å²) in [6.45, 7) is 1.76. The Morgan fingerprint density at radius 1 is 1.13 bits per heavy atom. The smallest absolute Gasteiger partial charge is 0.337 e. The number of aromatic nitrogens is 3. The summed E-state index contributed by atoms with van der Waals surface area (Å²) in [6.07, 6.45) is 2.68. The second-order valence-corrected chi connectivity index (χ2v) is 5.01. The van der Waals surface area contributed by atoms with Crippen LogP contribution in [-0.4, -0.2) is 36.1 Å². The summed E-state index contributed by atoms with van der Waals surface area (Å²) in [4.78, 5) is 14.8. The van der Waals surface area contributed by atoms with Crippen LogP contribution in [0.5, 0.6) is 11.6 Å². The van der Waals surface area contributed by atoms with Crippen LogP contribution in [0.4, 0.5) is 0 Å². The first-order valence-corrected chi connectivity index (χ1v) is 6.74. The zero-order valence-electron chi connectivity index (χ0n) is 12.1. The Morgan fingerprint density at radius 3 is 2.52 bits per heavy atom. The van der Waals surface area contributed by atoms with Crippen LogP contribution in [0.25, 0.3) is 16.9 Å². The van der Waals surface area contributed by atoms with Gasteiger partial charge in [0, 0.05) is 6.20 Å². The third-order valence-electron chi connectivity index (χ3n) is 3.46. The van der Waals surface area contributed by atoms with Crippen molar-refractivity contribution in [3.8, 4) is 28.6 Å². The molecule has 0 amide bonds. The maximum atomic E-state index is 10.8. The number of carboxylic acid groups (broad SMARTS) is 1. The third-order valence-corrected chi connectivity index (χ3v) is 3.46. The molecule has 2 aromatic heterocycles. The Balaban J connectivity index is 2.01. The number of nitrogens with zero attached hydrogens (tertiary/aromatic N) is 3. The van der Waals surface area contributed by atoms with Crippen molar-refractivity contribution in [1.82, 2.24) is 14.8 Å². The van der Waals surface area contributed by atoms with Crippen LogP contribution < -0.4 is 0 Å². The summed E-state index contributed by atoms with van der Waals surface area (Å²) in [5.41, 5.74) is 1.91. The van der Waals surface area contributed by atoms with Crippen molar-refractivity contribution in [2.75, 3.05) is 0 Å².